The predicted molar refractivity (Wildman–Crippen MR) is 65.5 cm³/mol. The minimum absolute atomic E-state index is 1.08. The quantitative estimate of drug-likeness (QED) is 0.556. The number of aromatic nitrogens is 1. The SMILES string of the molecule is C=C/C=c1\c(=C)c2cccc3ccn1c32. The average molecular weight is 193 g/mol. The molecule has 0 aliphatic heterocycles. The molecule has 1 heteroatoms. The summed E-state index contributed by atoms with van der Waals surface area (Å²) in [7, 11) is 0. The molecule has 0 aliphatic rings. The monoisotopic (exact) mass is 193 g/mol. The molecular weight excluding hydrogens is 182 g/mol. The Morgan fingerprint density at radius 1 is 1.20 bits per heavy atom. The fourth-order valence-corrected chi connectivity index (χ4v) is 2.21. The Morgan fingerprint density at radius 2 is 2.07 bits per heavy atom. The number of hydrogen-bond acceptors (Lipinski definition) is 0. The van der Waals surface area contributed by atoms with Crippen LogP contribution in [0.15, 0.2) is 43.1 Å². The van der Waals surface area contributed by atoms with Crippen LogP contribution in [-0.4, -0.2) is 4.40 Å². The maximum atomic E-state index is 4.13. The minimum Gasteiger partial charge on any atom is -0.315 e. The fourth-order valence-electron chi connectivity index (χ4n) is 2.21. The molecule has 0 radical (unpaired) electrons. The summed E-state index contributed by atoms with van der Waals surface area (Å²) in [4.78, 5) is 0. The highest BCUT2D eigenvalue weighted by Gasteiger charge is 2.06. The van der Waals surface area contributed by atoms with Gasteiger partial charge in [0.15, 0.2) is 0 Å². The van der Waals surface area contributed by atoms with Crippen LogP contribution in [0.3, 0.4) is 0 Å². The summed E-state index contributed by atoms with van der Waals surface area (Å²) in [6.07, 6.45) is 5.89. The van der Waals surface area contributed by atoms with Crippen molar-refractivity contribution in [1.82, 2.24) is 4.40 Å². The van der Waals surface area contributed by atoms with E-state index in [1.165, 1.54) is 16.3 Å². The topological polar surface area (TPSA) is 4.41 Å². The second kappa shape index (κ2) is 2.74. The Morgan fingerprint density at radius 3 is 2.87 bits per heavy atom. The highest BCUT2D eigenvalue weighted by Crippen LogP contribution is 2.17. The average Bonchev–Trinajstić information content (AvgIpc) is 2.78. The van der Waals surface area contributed by atoms with Gasteiger partial charge in [-0.1, -0.05) is 37.4 Å². The van der Waals surface area contributed by atoms with Gasteiger partial charge in [0.05, 0.1) is 10.9 Å². The van der Waals surface area contributed by atoms with Gasteiger partial charge in [0, 0.05) is 22.2 Å². The largest absolute Gasteiger partial charge is 0.315 e. The van der Waals surface area contributed by atoms with Crippen molar-refractivity contribution in [1.29, 1.82) is 0 Å². The van der Waals surface area contributed by atoms with Crippen LogP contribution >= 0.6 is 0 Å². The third kappa shape index (κ3) is 0.922. The lowest BCUT2D eigenvalue weighted by Crippen LogP contribution is -2.23. The number of hydrogen-bond donors (Lipinski definition) is 0. The van der Waals surface area contributed by atoms with Gasteiger partial charge in [0.25, 0.3) is 0 Å². The van der Waals surface area contributed by atoms with Gasteiger partial charge >= 0.3 is 0 Å². The predicted octanol–water partition coefficient (Wildman–Crippen LogP) is 1.91. The van der Waals surface area contributed by atoms with Gasteiger partial charge in [0.2, 0.25) is 0 Å². The molecule has 1 nitrogen and oxygen atoms in total. The molecule has 0 spiro atoms. The van der Waals surface area contributed by atoms with Crippen molar-refractivity contribution in [3.05, 3.63) is 53.7 Å². The molecule has 72 valence electrons. The second-order valence-corrected chi connectivity index (χ2v) is 3.70. The zero-order valence-electron chi connectivity index (χ0n) is 8.40. The zero-order chi connectivity index (χ0) is 10.4. The molecular formula is C14H11N. The van der Waals surface area contributed by atoms with Crippen molar-refractivity contribution in [2.75, 3.05) is 0 Å². The van der Waals surface area contributed by atoms with Crippen LogP contribution in [0.25, 0.3) is 28.9 Å². The van der Waals surface area contributed by atoms with E-state index in [4.69, 9.17) is 0 Å². The lowest BCUT2D eigenvalue weighted by atomic mass is 10.2. The highest BCUT2D eigenvalue weighted by molar-refractivity contribution is 5.97. The number of nitrogens with zero attached hydrogens (tertiary/aromatic N) is 1. The first-order chi connectivity index (χ1) is 7.33. The lowest BCUT2D eigenvalue weighted by molar-refractivity contribution is 1.17. The fraction of sp³-hybridized carbons (Fsp3) is 0. The summed E-state index contributed by atoms with van der Waals surface area (Å²) in [5.41, 5.74) is 1.26. The molecule has 2 aromatic heterocycles. The van der Waals surface area contributed by atoms with Crippen molar-refractivity contribution < 1.29 is 0 Å². The summed E-state index contributed by atoms with van der Waals surface area (Å²) < 4.78 is 2.18. The van der Waals surface area contributed by atoms with Crippen LogP contribution in [0.2, 0.25) is 0 Å². The van der Waals surface area contributed by atoms with E-state index in [0.29, 0.717) is 0 Å². The summed E-state index contributed by atoms with van der Waals surface area (Å²) in [5.74, 6) is 0. The minimum atomic E-state index is 1.08. The number of para-hydroxylation sites is 1. The summed E-state index contributed by atoms with van der Waals surface area (Å²) in [5, 5.41) is 4.70. The molecule has 3 rings (SSSR count). The summed E-state index contributed by atoms with van der Waals surface area (Å²) >= 11 is 0. The third-order valence-corrected chi connectivity index (χ3v) is 2.88. The first-order valence-electron chi connectivity index (χ1n) is 4.96. The van der Waals surface area contributed by atoms with E-state index >= 15 is 0 Å². The van der Waals surface area contributed by atoms with Crippen molar-refractivity contribution in [2.45, 2.75) is 0 Å². The highest BCUT2D eigenvalue weighted by atomic mass is 14.9. The van der Waals surface area contributed by atoms with E-state index in [0.717, 1.165) is 10.6 Å². The van der Waals surface area contributed by atoms with Gasteiger partial charge in [-0.25, -0.2) is 0 Å². The van der Waals surface area contributed by atoms with Gasteiger partial charge in [-0.05, 0) is 12.1 Å². The molecule has 2 heterocycles. The number of benzene rings is 1. The van der Waals surface area contributed by atoms with E-state index in [2.05, 4.69) is 48.0 Å². The van der Waals surface area contributed by atoms with E-state index in [-0.39, 0.29) is 0 Å². The van der Waals surface area contributed by atoms with E-state index < -0.39 is 0 Å². The van der Waals surface area contributed by atoms with E-state index in [1.54, 1.807) is 6.08 Å². The molecule has 0 bridgehead atoms. The Hall–Kier alpha value is -2.02. The van der Waals surface area contributed by atoms with Crippen molar-refractivity contribution in [2.24, 2.45) is 0 Å². The Bertz CT molecular complexity index is 746. The Labute approximate surface area is 87.6 Å². The molecule has 15 heavy (non-hydrogen) atoms. The van der Waals surface area contributed by atoms with Crippen LogP contribution < -0.4 is 10.6 Å². The van der Waals surface area contributed by atoms with E-state index in [1.807, 2.05) is 6.08 Å². The molecule has 0 atom stereocenters. The maximum Gasteiger partial charge on any atom is 0.0607 e. The van der Waals surface area contributed by atoms with Gasteiger partial charge in [0.1, 0.15) is 0 Å². The van der Waals surface area contributed by atoms with Gasteiger partial charge in [-0.2, -0.15) is 0 Å². The molecule has 3 aromatic rings. The van der Waals surface area contributed by atoms with Crippen molar-refractivity contribution in [3.63, 3.8) is 0 Å². The van der Waals surface area contributed by atoms with Crippen LogP contribution in [0.4, 0.5) is 0 Å². The maximum absolute atomic E-state index is 4.13. The molecule has 1 aromatic carbocycles. The van der Waals surface area contributed by atoms with Crippen LogP contribution in [0.1, 0.15) is 0 Å². The standard InChI is InChI=1S/C14H11N/c1-3-5-13-10(2)12-7-4-6-11-8-9-15(13)14(11)12/h3-9H,1-2H2/b13-5+. The number of rotatable bonds is 1. The number of allylic oxidation sites excluding steroid dienone is 1. The van der Waals surface area contributed by atoms with Crippen LogP contribution in [0.5, 0.6) is 0 Å². The van der Waals surface area contributed by atoms with E-state index in [9.17, 15) is 0 Å². The Balaban J connectivity index is 2.78. The molecule has 0 unspecified atom stereocenters. The van der Waals surface area contributed by atoms with Crippen molar-refractivity contribution >= 4 is 28.9 Å². The van der Waals surface area contributed by atoms with Gasteiger partial charge < -0.3 is 4.40 Å². The molecule has 0 fully saturated rings. The van der Waals surface area contributed by atoms with Crippen LogP contribution in [0, 0.1) is 0 Å². The van der Waals surface area contributed by atoms with Gasteiger partial charge in [-0.3, -0.25) is 0 Å². The van der Waals surface area contributed by atoms with Crippen molar-refractivity contribution in [3.8, 4) is 0 Å². The third-order valence-electron chi connectivity index (χ3n) is 2.88. The van der Waals surface area contributed by atoms with Crippen LogP contribution in [-0.2, 0) is 0 Å². The summed E-state index contributed by atoms with van der Waals surface area (Å²) in [6, 6.07) is 8.44. The smallest absolute Gasteiger partial charge is 0.0607 e. The first kappa shape index (κ1) is 8.30. The zero-order valence-corrected chi connectivity index (χ0v) is 8.40. The first-order valence-corrected chi connectivity index (χ1v) is 4.96. The molecule has 0 amide bonds. The van der Waals surface area contributed by atoms with Gasteiger partial charge in [-0.15, -0.1) is 0 Å². The molecule has 0 saturated carbocycles. The normalized spacial score (nSPS) is 12.9. The Kier molecular flexibility index (Phi) is 1.51. The second-order valence-electron chi connectivity index (χ2n) is 3.70. The molecule has 0 saturated heterocycles. The lowest BCUT2D eigenvalue weighted by Gasteiger charge is -1.88. The molecule has 0 N–H and O–H groups in total. The molecule has 0 aliphatic carbocycles. The summed E-state index contributed by atoms with van der Waals surface area (Å²) in [6.45, 7) is 7.87.